The van der Waals surface area contributed by atoms with Crippen LogP contribution in [0.2, 0.25) is 0 Å². The lowest BCUT2D eigenvalue weighted by atomic mass is 10.1. The molecule has 5 rings (SSSR count). The normalized spacial score (nSPS) is 13.0. The molecule has 1 aliphatic heterocycles. The fraction of sp³-hybridized carbons (Fsp3) is 0.130. The lowest BCUT2D eigenvalue weighted by molar-refractivity contribution is 0.0984. The maximum atomic E-state index is 13.6. The van der Waals surface area contributed by atoms with Crippen LogP contribution < -0.4 is 4.90 Å². The van der Waals surface area contributed by atoms with Crippen molar-refractivity contribution in [2.75, 3.05) is 4.90 Å². The van der Waals surface area contributed by atoms with Gasteiger partial charge in [0.1, 0.15) is 0 Å². The van der Waals surface area contributed by atoms with Gasteiger partial charge in [0.25, 0.3) is 5.91 Å². The molecule has 0 fully saturated rings. The Bertz CT molecular complexity index is 1220. The molecule has 1 amide bonds. The van der Waals surface area contributed by atoms with Gasteiger partial charge < -0.3 is 9.47 Å². The Morgan fingerprint density at radius 1 is 1.00 bits per heavy atom. The van der Waals surface area contributed by atoms with Crippen LogP contribution in [-0.4, -0.2) is 20.3 Å². The van der Waals surface area contributed by atoms with E-state index in [1.165, 1.54) is 0 Å². The Labute approximate surface area is 177 Å². The van der Waals surface area contributed by atoms with Crippen molar-refractivity contribution in [3.63, 3.8) is 0 Å². The molecule has 2 aromatic carbocycles. The van der Waals surface area contributed by atoms with Gasteiger partial charge in [0.15, 0.2) is 0 Å². The highest BCUT2D eigenvalue weighted by Gasteiger charge is 2.26. The van der Waals surface area contributed by atoms with Crippen LogP contribution in [0.3, 0.4) is 0 Å². The summed E-state index contributed by atoms with van der Waals surface area (Å²) < 4.78 is 4.76. The van der Waals surface area contributed by atoms with Gasteiger partial charge in [0.05, 0.1) is 23.5 Å². The number of fused-ring (bicyclic) bond motifs is 2. The summed E-state index contributed by atoms with van der Waals surface area (Å²) >= 11 is 3.61. The second-order valence-corrected chi connectivity index (χ2v) is 8.07. The van der Waals surface area contributed by atoms with Crippen LogP contribution in [0.4, 0.5) is 5.69 Å². The fourth-order valence-electron chi connectivity index (χ4n) is 3.79. The third-order valence-electron chi connectivity index (χ3n) is 5.28. The number of anilines is 1. The van der Waals surface area contributed by atoms with Crippen molar-refractivity contribution in [3.05, 3.63) is 100 Å². The highest BCUT2D eigenvalue weighted by atomic mass is 79.9. The number of amides is 1. The molecule has 144 valence electrons. The molecular weight excluding hydrogens is 428 g/mol. The predicted molar refractivity (Wildman–Crippen MR) is 116 cm³/mol. The minimum atomic E-state index is -0.0258. The standard InChI is InChI=1S/C23H19BrN4O/c1-16-10-12-28(25-16)18-8-9-20(21(24)13-18)23(29)27-15-19-6-4-11-26(19)14-17-5-2-3-7-22(17)27/h2-13H,14-15H2,1H3. The van der Waals surface area contributed by atoms with Gasteiger partial charge in [-0.25, -0.2) is 4.68 Å². The van der Waals surface area contributed by atoms with E-state index in [0.717, 1.165) is 39.3 Å². The minimum absolute atomic E-state index is 0.0258. The molecule has 0 atom stereocenters. The molecule has 0 bridgehead atoms. The van der Waals surface area contributed by atoms with Crippen LogP contribution >= 0.6 is 15.9 Å². The smallest absolute Gasteiger partial charge is 0.259 e. The van der Waals surface area contributed by atoms with Crippen molar-refractivity contribution in [3.8, 4) is 5.69 Å². The van der Waals surface area contributed by atoms with E-state index in [4.69, 9.17) is 0 Å². The summed E-state index contributed by atoms with van der Waals surface area (Å²) in [6.07, 6.45) is 3.98. The molecule has 0 spiro atoms. The molecule has 3 heterocycles. The predicted octanol–water partition coefficient (Wildman–Crippen LogP) is 4.95. The second kappa shape index (κ2) is 7.04. The van der Waals surface area contributed by atoms with Gasteiger partial charge >= 0.3 is 0 Å². The second-order valence-electron chi connectivity index (χ2n) is 7.21. The number of carbonyl (C=O) groups is 1. The van der Waals surface area contributed by atoms with Crippen molar-refractivity contribution in [2.24, 2.45) is 0 Å². The van der Waals surface area contributed by atoms with Crippen molar-refractivity contribution >= 4 is 27.5 Å². The first-order valence-electron chi connectivity index (χ1n) is 9.46. The van der Waals surface area contributed by atoms with Crippen LogP contribution in [0, 0.1) is 6.92 Å². The number of carbonyl (C=O) groups excluding carboxylic acids is 1. The third kappa shape index (κ3) is 3.19. The van der Waals surface area contributed by atoms with Gasteiger partial charge in [0, 0.05) is 34.8 Å². The molecule has 0 unspecified atom stereocenters. The van der Waals surface area contributed by atoms with E-state index in [-0.39, 0.29) is 5.91 Å². The molecular formula is C23H19BrN4O. The molecule has 0 saturated carbocycles. The molecule has 29 heavy (non-hydrogen) atoms. The van der Waals surface area contributed by atoms with Gasteiger partial charge in [0.2, 0.25) is 0 Å². The fourth-order valence-corrected chi connectivity index (χ4v) is 4.33. The quantitative estimate of drug-likeness (QED) is 0.436. The number of nitrogens with zero attached hydrogens (tertiary/aromatic N) is 4. The van der Waals surface area contributed by atoms with Crippen molar-refractivity contribution in [1.29, 1.82) is 0 Å². The molecule has 0 radical (unpaired) electrons. The number of halogens is 1. The summed E-state index contributed by atoms with van der Waals surface area (Å²) in [5.41, 5.74) is 5.70. The van der Waals surface area contributed by atoms with E-state index in [1.54, 1.807) is 0 Å². The topological polar surface area (TPSA) is 43.1 Å². The molecule has 2 aromatic heterocycles. The van der Waals surface area contributed by atoms with Crippen LogP contribution in [0.25, 0.3) is 5.69 Å². The first kappa shape index (κ1) is 17.9. The van der Waals surface area contributed by atoms with Crippen LogP contribution in [-0.2, 0) is 13.1 Å². The first-order valence-corrected chi connectivity index (χ1v) is 10.3. The number of benzene rings is 2. The Balaban J connectivity index is 1.55. The van der Waals surface area contributed by atoms with Crippen LogP contribution in [0.15, 0.2) is 77.5 Å². The molecule has 1 aliphatic rings. The van der Waals surface area contributed by atoms with E-state index in [0.29, 0.717) is 12.1 Å². The number of hydrogen-bond donors (Lipinski definition) is 0. The minimum Gasteiger partial charge on any atom is -0.345 e. The highest BCUT2D eigenvalue weighted by Crippen LogP contribution is 2.31. The summed E-state index contributed by atoms with van der Waals surface area (Å²) in [4.78, 5) is 15.5. The summed E-state index contributed by atoms with van der Waals surface area (Å²) in [5, 5.41) is 4.45. The summed E-state index contributed by atoms with van der Waals surface area (Å²) in [5.74, 6) is -0.0258. The molecule has 6 heteroatoms. The van der Waals surface area contributed by atoms with Crippen LogP contribution in [0.1, 0.15) is 27.3 Å². The Morgan fingerprint density at radius 3 is 2.66 bits per heavy atom. The van der Waals surface area contributed by atoms with Crippen molar-refractivity contribution in [2.45, 2.75) is 20.0 Å². The van der Waals surface area contributed by atoms with Gasteiger partial charge in [-0.05, 0) is 70.9 Å². The Hall–Kier alpha value is -3.12. The molecule has 5 nitrogen and oxygen atoms in total. The van der Waals surface area contributed by atoms with E-state index >= 15 is 0 Å². The average Bonchev–Trinajstić information content (AvgIpc) is 3.32. The highest BCUT2D eigenvalue weighted by molar-refractivity contribution is 9.10. The number of rotatable bonds is 2. The van der Waals surface area contributed by atoms with Crippen molar-refractivity contribution < 1.29 is 4.79 Å². The van der Waals surface area contributed by atoms with Gasteiger partial charge in [-0.2, -0.15) is 5.10 Å². The monoisotopic (exact) mass is 446 g/mol. The summed E-state index contributed by atoms with van der Waals surface area (Å²) in [6.45, 7) is 3.26. The van der Waals surface area contributed by atoms with Crippen LogP contribution in [0.5, 0.6) is 0 Å². The maximum Gasteiger partial charge on any atom is 0.259 e. The molecule has 0 N–H and O–H groups in total. The number of hydrogen-bond acceptors (Lipinski definition) is 2. The Kier molecular flexibility index (Phi) is 4.36. The lowest BCUT2D eigenvalue weighted by Crippen LogP contribution is -2.31. The third-order valence-corrected chi connectivity index (χ3v) is 5.94. The average molecular weight is 447 g/mol. The summed E-state index contributed by atoms with van der Waals surface area (Å²) in [6, 6.07) is 19.9. The number of aromatic nitrogens is 3. The zero-order chi connectivity index (χ0) is 20.0. The van der Waals surface area contributed by atoms with Gasteiger partial charge in [-0.1, -0.05) is 18.2 Å². The Morgan fingerprint density at radius 2 is 1.86 bits per heavy atom. The van der Waals surface area contributed by atoms with Gasteiger partial charge in [-0.15, -0.1) is 0 Å². The van der Waals surface area contributed by atoms with E-state index in [2.05, 4.69) is 43.9 Å². The zero-order valence-corrected chi connectivity index (χ0v) is 17.5. The SMILES string of the molecule is Cc1ccn(-c2ccc(C(=O)N3Cc4cccn4Cc4ccccc43)c(Br)c2)n1. The zero-order valence-electron chi connectivity index (χ0n) is 15.9. The van der Waals surface area contributed by atoms with E-state index < -0.39 is 0 Å². The largest absolute Gasteiger partial charge is 0.345 e. The first-order chi connectivity index (χ1) is 14.1. The maximum absolute atomic E-state index is 13.6. The number of aryl methyl sites for hydroxylation is 1. The lowest BCUT2D eigenvalue weighted by Gasteiger charge is -2.23. The van der Waals surface area contributed by atoms with Crippen molar-refractivity contribution in [1.82, 2.24) is 14.3 Å². The molecule has 0 saturated heterocycles. The molecule has 0 aliphatic carbocycles. The molecule has 4 aromatic rings. The van der Waals surface area contributed by atoms with E-state index in [9.17, 15) is 4.79 Å². The van der Waals surface area contributed by atoms with Gasteiger partial charge in [-0.3, -0.25) is 4.79 Å². The summed E-state index contributed by atoms with van der Waals surface area (Å²) in [7, 11) is 0. The number of para-hydroxylation sites is 1. The van der Waals surface area contributed by atoms with E-state index in [1.807, 2.05) is 71.2 Å².